The van der Waals surface area contributed by atoms with Gasteiger partial charge in [0.25, 0.3) is 0 Å². The molecule has 0 aromatic heterocycles. The number of carbonyl (C=O) groups is 2. The van der Waals surface area contributed by atoms with Crippen molar-refractivity contribution in [2.24, 2.45) is 0 Å². The van der Waals surface area contributed by atoms with Crippen LogP contribution in [0.15, 0.2) is 24.3 Å². The van der Waals surface area contributed by atoms with Gasteiger partial charge < -0.3 is 20.3 Å². The van der Waals surface area contributed by atoms with Gasteiger partial charge in [0.1, 0.15) is 0 Å². The summed E-state index contributed by atoms with van der Waals surface area (Å²) < 4.78 is 5.49. The highest BCUT2D eigenvalue weighted by atomic mass is 16.5. The van der Waals surface area contributed by atoms with Crippen LogP contribution >= 0.6 is 0 Å². The molecule has 0 heterocycles. The zero-order valence-corrected chi connectivity index (χ0v) is 51.5. The molecule has 2 unspecified atom stereocenters. The quantitative estimate of drug-likeness (QED) is 0.0320. The number of ether oxygens (including phenoxy) is 1. The second-order valence-corrected chi connectivity index (χ2v) is 23.9. The minimum atomic E-state index is -0.674. The van der Waals surface area contributed by atoms with Crippen LogP contribution in [0.5, 0.6) is 0 Å². The number of hydrogen-bond acceptors (Lipinski definition) is 5. The Morgan fingerprint density at radius 1 is 0.355 bits per heavy atom. The Balaban J connectivity index is 3.44. The van der Waals surface area contributed by atoms with Crippen LogP contribution in [-0.2, 0) is 14.3 Å². The molecule has 0 radical (unpaired) electrons. The lowest BCUT2D eigenvalue weighted by Crippen LogP contribution is -2.45. The van der Waals surface area contributed by atoms with Gasteiger partial charge in [0.2, 0.25) is 5.91 Å². The zero-order chi connectivity index (χ0) is 55.0. The van der Waals surface area contributed by atoms with E-state index in [0.717, 1.165) is 57.8 Å². The van der Waals surface area contributed by atoms with Crippen LogP contribution in [0.4, 0.5) is 0 Å². The summed E-state index contributed by atoms with van der Waals surface area (Å²) in [5, 5.41) is 23.4. The monoisotopic (exact) mass is 1070 g/mol. The molecule has 0 aliphatic rings. The van der Waals surface area contributed by atoms with Crippen LogP contribution < -0.4 is 5.32 Å². The molecule has 0 rings (SSSR count). The van der Waals surface area contributed by atoms with E-state index in [1.807, 2.05) is 0 Å². The van der Waals surface area contributed by atoms with Crippen molar-refractivity contribution in [2.75, 3.05) is 13.2 Å². The first-order valence-corrected chi connectivity index (χ1v) is 34.6. The van der Waals surface area contributed by atoms with Crippen molar-refractivity contribution in [1.29, 1.82) is 0 Å². The van der Waals surface area contributed by atoms with Gasteiger partial charge in [0.15, 0.2) is 0 Å². The first kappa shape index (κ1) is 74.3. The van der Waals surface area contributed by atoms with Gasteiger partial charge in [0, 0.05) is 12.8 Å². The molecule has 0 bridgehead atoms. The number of nitrogens with one attached hydrogen (secondary N) is 1. The van der Waals surface area contributed by atoms with Gasteiger partial charge in [-0.1, -0.05) is 321 Å². The summed E-state index contributed by atoms with van der Waals surface area (Å²) in [6, 6.07) is -0.552. The number of amides is 1. The highest BCUT2D eigenvalue weighted by molar-refractivity contribution is 5.76. The van der Waals surface area contributed by atoms with Crippen LogP contribution in [0.3, 0.4) is 0 Å². The molecule has 1 amide bonds. The lowest BCUT2D eigenvalue weighted by atomic mass is 10.0. The average molecular weight is 1070 g/mol. The number of hydrogen-bond donors (Lipinski definition) is 3. The molecule has 0 saturated carbocycles. The van der Waals surface area contributed by atoms with E-state index in [9.17, 15) is 19.8 Å². The minimum Gasteiger partial charge on any atom is -0.466 e. The normalized spacial score (nSPS) is 12.6. The van der Waals surface area contributed by atoms with Crippen molar-refractivity contribution in [3.05, 3.63) is 24.3 Å². The summed E-state index contributed by atoms with van der Waals surface area (Å²) >= 11 is 0. The maximum Gasteiger partial charge on any atom is 0.305 e. The third-order valence-corrected chi connectivity index (χ3v) is 16.2. The fourth-order valence-electron chi connectivity index (χ4n) is 10.9. The number of esters is 1. The van der Waals surface area contributed by atoms with Crippen molar-refractivity contribution in [1.82, 2.24) is 5.32 Å². The molecule has 0 spiro atoms. The van der Waals surface area contributed by atoms with Crippen LogP contribution in [0, 0.1) is 0 Å². The number of unbranched alkanes of at least 4 members (excludes halogenated alkanes) is 50. The van der Waals surface area contributed by atoms with Crippen molar-refractivity contribution in [3.63, 3.8) is 0 Å². The van der Waals surface area contributed by atoms with Crippen LogP contribution in [0.25, 0.3) is 0 Å². The molecule has 0 saturated heterocycles. The molecule has 0 aromatic carbocycles. The molecule has 0 aliphatic carbocycles. The van der Waals surface area contributed by atoms with Crippen LogP contribution in [0.2, 0.25) is 0 Å². The summed E-state index contributed by atoms with van der Waals surface area (Å²) in [6.45, 7) is 4.96. The highest BCUT2D eigenvalue weighted by Gasteiger charge is 2.20. The Hall–Kier alpha value is -1.66. The first-order valence-electron chi connectivity index (χ1n) is 34.6. The van der Waals surface area contributed by atoms with Crippen molar-refractivity contribution >= 4 is 11.9 Å². The lowest BCUT2D eigenvalue weighted by molar-refractivity contribution is -0.143. The molecule has 3 N–H and O–H groups in total. The first-order chi connectivity index (χ1) is 37.5. The SMILES string of the molecule is CCCCCCCC/C=C\CCCCCCCCCC(=O)OCCCCCCCC/C=C\CCCCCCCCCC(=O)NC(CO)C(O)CCCCCCCCCCCCCCCCCCCCCCCCCCC. The molecular weight excluding hydrogens is 935 g/mol. The molecule has 6 nitrogen and oxygen atoms in total. The van der Waals surface area contributed by atoms with Crippen molar-refractivity contribution in [2.45, 2.75) is 398 Å². The van der Waals surface area contributed by atoms with Gasteiger partial charge in [-0.25, -0.2) is 0 Å². The van der Waals surface area contributed by atoms with E-state index in [2.05, 4.69) is 43.5 Å². The summed E-state index contributed by atoms with van der Waals surface area (Å²) in [5.74, 6) is -0.0466. The number of rotatable bonds is 65. The summed E-state index contributed by atoms with van der Waals surface area (Å²) in [7, 11) is 0. The largest absolute Gasteiger partial charge is 0.466 e. The molecule has 0 aromatic rings. The van der Waals surface area contributed by atoms with Crippen molar-refractivity contribution < 1.29 is 24.5 Å². The maximum atomic E-state index is 12.5. The molecule has 2 atom stereocenters. The molecule has 450 valence electrons. The Bertz CT molecular complexity index is 1190. The summed E-state index contributed by atoms with van der Waals surface area (Å²) in [4.78, 5) is 24.6. The van der Waals surface area contributed by atoms with E-state index in [1.54, 1.807) is 0 Å². The molecule has 0 aliphatic heterocycles. The van der Waals surface area contributed by atoms with E-state index in [0.29, 0.717) is 25.9 Å². The maximum absolute atomic E-state index is 12.5. The Kier molecular flexibility index (Phi) is 64.4. The fraction of sp³-hybridized carbons (Fsp3) is 0.914. The predicted molar refractivity (Wildman–Crippen MR) is 333 cm³/mol. The standard InChI is InChI=1S/C70H135NO5/c1-3-5-7-9-11-13-15-17-19-21-22-23-24-25-26-27-28-31-34-38-42-46-50-54-58-62-68(73)67(66-72)71-69(74)63-59-55-51-47-43-39-35-32-29-33-37-41-45-49-53-57-61-65-76-70(75)64-60-56-52-48-44-40-36-30-20-18-16-14-12-10-8-6-4-2/h18,20,29,33,67-68,72-73H,3-17,19,21-28,30-32,34-66H2,1-2H3,(H,71,74)/b20-18-,33-29-. The lowest BCUT2D eigenvalue weighted by Gasteiger charge is -2.22. The highest BCUT2D eigenvalue weighted by Crippen LogP contribution is 2.19. The average Bonchev–Trinajstić information content (AvgIpc) is 3.42. The Labute approximate surface area is 475 Å². The fourth-order valence-corrected chi connectivity index (χ4v) is 10.9. The smallest absolute Gasteiger partial charge is 0.305 e. The zero-order valence-electron chi connectivity index (χ0n) is 51.5. The van der Waals surface area contributed by atoms with E-state index in [-0.39, 0.29) is 18.5 Å². The van der Waals surface area contributed by atoms with E-state index in [4.69, 9.17) is 4.74 Å². The molecular formula is C70H135NO5. The second-order valence-electron chi connectivity index (χ2n) is 23.9. The predicted octanol–water partition coefficient (Wildman–Crippen LogP) is 22.1. The van der Waals surface area contributed by atoms with E-state index < -0.39 is 12.1 Å². The van der Waals surface area contributed by atoms with Gasteiger partial charge in [-0.15, -0.1) is 0 Å². The van der Waals surface area contributed by atoms with Gasteiger partial charge >= 0.3 is 5.97 Å². The summed E-state index contributed by atoms with van der Waals surface area (Å²) in [5.41, 5.74) is 0. The van der Waals surface area contributed by atoms with E-state index in [1.165, 1.54) is 295 Å². The van der Waals surface area contributed by atoms with E-state index >= 15 is 0 Å². The molecule has 76 heavy (non-hydrogen) atoms. The van der Waals surface area contributed by atoms with Gasteiger partial charge in [0.05, 0.1) is 25.4 Å². The van der Waals surface area contributed by atoms with Crippen molar-refractivity contribution in [3.8, 4) is 0 Å². The number of carbonyl (C=O) groups excluding carboxylic acids is 2. The molecule has 0 fully saturated rings. The van der Waals surface area contributed by atoms with Gasteiger partial charge in [-0.3, -0.25) is 9.59 Å². The third-order valence-electron chi connectivity index (χ3n) is 16.2. The Morgan fingerprint density at radius 2 is 0.618 bits per heavy atom. The van der Waals surface area contributed by atoms with Gasteiger partial charge in [-0.05, 0) is 77.0 Å². The number of aliphatic hydroxyl groups is 2. The van der Waals surface area contributed by atoms with Gasteiger partial charge in [-0.2, -0.15) is 0 Å². The second kappa shape index (κ2) is 65.9. The number of aliphatic hydroxyl groups excluding tert-OH is 2. The van der Waals surface area contributed by atoms with Crippen LogP contribution in [-0.4, -0.2) is 47.4 Å². The summed E-state index contributed by atoms with van der Waals surface area (Å²) in [6.07, 6.45) is 82.1. The van der Waals surface area contributed by atoms with Crippen LogP contribution in [0.1, 0.15) is 386 Å². The topological polar surface area (TPSA) is 95.9 Å². The number of allylic oxidation sites excluding steroid dienone is 4. The molecule has 6 heteroatoms. The third kappa shape index (κ3) is 61.6. The minimum absolute atomic E-state index is 0.00395. The Morgan fingerprint density at radius 3 is 0.934 bits per heavy atom.